The van der Waals surface area contributed by atoms with Crippen molar-refractivity contribution in [1.82, 2.24) is 0 Å². The Balaban J connectivity index is 2.37. The van der Waals surface area contributed by atoms with Gasteiger partial charge in [0, 0.05) is 0 Å². The third-order valence-corrected chi connectivity index (χ3v) is 3.55. The average molecular weight is 218 g/mol. The van der Waals surface area contributed by atoms with Crippen LogP contribution >= 0.6 is 0 Å². The lowest BCUT2D eigenvalue weighted by Crippen LogP contribution is -2.12. The van der Waals surface area contributed by atoms with E-state index in [0.717, 1.165) is 18.4 Å². The molecule has 0 bridgehead atoms. The van der Waals surface area contributed by atoms with Gasteiger partial charge in [0.2, 0.25) is 0 Å². The Hall–Kier alpha value is -0.820. The van der Waals surface area contributed by atoms with Crippen LogP contribution in [0.15, 0.2) is 18.2 Å². The number of rotatable bonds is 2. The first-order valence-electron chi connectivity index (χ1n) is 6.21. The van der Waals surface area contributed by atoms with Crippen LogP contribution in [0.5, 0.6) is 0 Å². The quantitative estimate of drug-likeness (QED) is 0.804. The molecule has 0 saturated carbocycles. The highest BCUT2D eigenvalue weighted by atomic mass is 16.3. The predicted octanol–water partition coefficient (Wildman–Crippen LogP) is 3.60. The highest BCUT2D eigenvalue weighted by Gasteiger charge is 2.35. The Bertz CT molecular complexity index is 390. The molecule has 0 aromatic heterocycles. The van der Waals surface area contributed by atoms with E-state index in [-0.39, 0.29) is 11.5 Å². The molecule has 0 fully saturated rings. The van der Waals surface area contributed by atoms with E-state index in [9.17, 15) is 5.11 Å². The Morgan fingerprint density at radius 2 is 2.06 bits per heavy atom. The summed E-state index contributed by atoms with van der Waals surface area (Å²) in [5, 5.41) is 10.1. The van der Waals surface area contributed by atoms with Crippen molar-refractivity contribution in [3.63, 3.8) is 0 Å². The lowest BCUT2D eigenvalue weighted by molar-refractivity contribution is 0.161. The zero-order valence-electron chi connectivity index (χ0n) is 10.7. The Kier molecular flexibility index (Phi) is 2.83. The smallest absolute Gasteiger partial charge is 0.0801 e. The van der Waals surface area contributed by atoms with E-state index < -0.39 is 0 Å². The van der Waals surface area contributed by atoms with Crippen LogP contribution in [0.25, 0.3) is 0 Å². The van der Waals surface area contributed by atoms with Crippen molar-refractivity contribution in [2.24, 2.45) is 5.92 Å². The van der Waals surface area contributed by atoms with Crippen LogP contribution in [0.1, 0.15) is 56.9 Å². The second-order valence-corrected chi connectivity index (χ2v) is 6.12. The molecule has 1 aliphatic carbocycles. The molecule has 1 atom stereocenters. The minimum absolute atomic E-state index is 0.130. The third-order valence-electron chi connectivity index (χ3n) is 3.55. The van der Waals surface area contributed by atoms with Crippen LogP contribution in [-0.4, -0.2) is 5.11 Å². The van der Waals surface area contributed by atoms with Gasteiger partial charge >= 0.3 is 0 Å². The molecule has 1 unspecified atom stereocenters. The minimum atomic E-state index is -0.267. The molecule has 0 radical (unpaired) electrons. The van der Waals surface area contributed by atoms with Crippen molar-refractivity contribution in [1.29, 1.82) is 0 Å². The number of hydrogen-bond donors (Lipinski definition) is 1. The number of benzene rings is 1. The van der Waals surface area contributed by atoms with E-state index >= 15 is 0 Å². The van der Waals surface area contributed by atoms with E-state index in [4.69, 9.17) is 0 Å². The maximum Gasteiger partial charge on any atom is 0.0801 e. The number of aliphatic hydroxyl groups excluding tert-OH is 1. The summed E-state index contributed by atoms with van der Waals surface area (Å²) in [5.41, 5.74) is 3.96. The van der Waals surface area contributed by atoms with E-state index in [1.54, 1.807) is 0 Å². The highest BCUT2D eigenvalue weighted by Crippen LogP contribution is 2.44. The van der Waals surface area contributed by atoms with Gasteiger partial charge in [-0.1, -0.05) is 45.9 Å². The third kappa shape index (κ3) is 2.01. The van der Waals surface area contributed by atoms with Crippen molar-refractivity contribution in [3.8, 4) is 0 Å². The van der Waals surface area contributed by atoms with Crippen molar-refractivity contribution in [3.05, 3.63) is 34.9 Å². The predicted molar refractivity (Wildman–Crippen MR) is 67.6 cm³/mol. The van der Waals surface area contributed by atoms with Crippen LogP contribution in [0.3, 0.4) is 0 Å². The van der Waals surface area contributed by atoms with Crippen LogP contribution in [0.2, 0.25) is 0 Å². The zero-order chi connectivity index (χ0) is 11.9. The molecule has 1 N–H and O–H groups in total. The van der Waals surface area contributed by atoms with Gasteiger partial charge in [-0.25, -0.2) is 0 Å². The number of aliphatic hydroxyl groups is 1. The maximum absolute atomic E-state index is 10.1. The first-order valence-corrected chi connectivity index (χ1v) is 6.21. The molecule has 1 aromatic rings. The molecule has 0 saturated heterocycles. The van der Waals surface area contributed by atoms with Crippen molar-refractivity contribution < 1.29 is 5.11 Å². The van der Waals surface area contributed by atoms with E-state index in [2.05, 4.69) is 45.9 Å². The summed E-state index contributed by atoms with van der Waals surface area (Å²) in [4.78, 5) is 0. The normalized spacial score (nSPS) is 22.5. The summed E-state index contributed by atoms with van der Waals surface area (Å²) in [6, 6.07) is 6.64. The van der Waals surface area contributed by atoms with E-state index in [1.807, 2.05) is 0 Å². The largest absolute Gasteiger partial charge is 0.388 e. The van der Waals surface area contributed by atoms with E-state index in [1.165, 1.54) is 11.1 Å². The second kappa shape index (κ2) is 3.89. The summed E-state index contributed by atoms with van der Waals surface area (Å²) in [6.07, 6.45) is 1.69. The van der Waals surface area contributed by atoms with Gasteiger partial charge in [-0.2, -0.15) is 0 Å². The summed E-state index contributed by atoms with van der Waals surface area (Å²) in [7, 11) is 0. The molecular formula is C15H22O. The van der Waals surface area contributed by atoms with Gasteiger partial charge in [-0.05, 0) is 40.9 Å². The van der Waals surface area contributed by atoms with Crippen LogP contribution in [-0.2, 0) is 11.8 Å². The monoisotopic (exact) mass is 218 g/mol. The second-order valence-electron chi connectivity index (χ2n) is 6.12. The number of hydrogen-bond acceptors (Lipinski definition) is 1. The Labute approximate surface area is 98.5 Å². The minimum Gasteiger partial charge on any atom is -0.388 e. The first kappa shape index (κ1) is 11.7. The van der Waals surface area contributed by atoms with Crippen LogP contribution < -0.4 is 0 Å². The molecular weight excluding hydrogens is 196 g/mol. The average Bonchev–Trinajstić information content (AvgIpc) is 2.36. The molecule has 1 aliphatic rings. The Morgan fingerprint density at radius 1 is 1.38 bits per heavy atom. The molecule has 0 heterocycles. The molecule has 88 valence electrons. The maximum atomic E-state index is 10.1. The van der Waals surface area contributed by atoms with E-state index in [0.29, 0.717) is 5.92 Å². The molecule has 0 aliphatic heterocycles. The lowest BCUT2D eigenvalue weighted by Gasteiger charge is -2.18. The molecule has 0 spiro atoms. The topological polar surface area (TPSA) is 20.2 Å². The van der Waals surface area contributed by atoms with Crippen LogP contribution in [0.4, 0.5) is 0 Å². The number of fused-ring (bicyclic) bond motifs is 1. The molecule has 1 heteroatoms. The molecule has 1 nitrogen and oxygen atoms in total. The first-order chi connectivity index (χ1) is 7.40. The Morgan fingerprint density at radius 3 is 2.69 bits per heavy atom. The van der Waals surface area contributed by atoms with Crippen molar-refractivity contribution >= 4 is 0 Å². The van der Waals surface area contributed by atoms with Gasteiger partial charge in [0.15, 0.2) is 0 Å². The molecule has 2 rings (SSSR count). The fourth-order valence-electron chi connectivity index (χ4n) is 2.81. The molecule has 16 heavy (non-hydrogen) atoms. The zero-order valence-corrected chi connectivity index (χ0v) is 10.7. The summed E-state index contributed by atoms with van der Waals surface area (Å²) in [5.74, 6) is 0.671. The van der Waals surface area contributed by atoms with Crippen LogP contribution in [0, 0.1) is 5.92 Å². The molecule has 1 aromatic carbocycles. The SMILES string of the molecule is CC(C)Cc1ccc2c(c1)C(O)CC2(C)C. The van der Waals surface area contributed by atoms with Crippen molar-refractivity contribution in [2.75, 3.05) is 0 Å². The van der Waals surface area contributed by atoms with Gasteiger partial charge in [-0.3, -0.25) is 0 Å². The highest BCUT2D eigenvalue weighted by molar-refractivity contribution is 5.42. The molecule has 0 amide bonds. The summed E-state index contributed by atoms with van der Waals surface area (Å²) < 4.78 is 0. The van der Waals surface area contributed by atoms with Gasteiger partial charge < -0.3 is 5.11 Å². The standard InChI is InChI=1S/C15H22O/c1-10(2)7-11-5-6-13-12(8-11)14(16)9-15(13,3)4/h5-6,8,10,14,16H,7,9H2,1-4H3. The van der Waals surface area contributed by atoms with Gasteiger partial charge in [0.05, 0.1) is 6.10 Å². The van der Waals surface area contributed by atoms with Gasteiger partial charge in [-0.15, -0.1) is 0 Å². The van der Waals surface area contributed by atoms with Crippen molar-refractivity contribution in [2.45, 2.75) is 52.1 Å². The van der Waals surface area contributed by atoms with Gasteiger partial charge in [0.1, 0.15) is 0 Å². The fraction of sp³-hybridized carbons (Fsp3) is 0.600. The summed E-state index contributed by atoms with van der Waals surface area (Å²) in [6.45, 7) is 8.88. The fourth-order valence-corrected chi connectivity index (χ4v) is 2.81. The summed E-state index contributed by atoms with van der Waals surface area (Å²) >= 11 is 0. The van der Waals surface area contributed by atoms with Gasteiger partial charge in [0.25, 0.3) is 0 Å². The lowest BCUT2D eigenvalue weighted by atomic mass is 9.86.